The molecule has 4 nitrogen and oxygen atoms in total. The molecule has 1 heterocycles. The largest absolute Gasteiger partial charge is 0.370 e. The van der Waals surface area contributed by atoms with Crippen molar-refractivity contribution in [3.05, 3.63) is 11.9 Å². The maximum absolute atomic E-state index is 4.43. The molecule has 0 aliphatic heterocycles. The van der Waals surface area contributed by atoms with E-state index < -0.39 is 0 Å². The highest BCUT2D eigenvalue weighted by atomic mass is 15.1. The topological polar surface area (TPSA) is 49.8 Å². The Hall–Kier alpha value is -1.32. The van der Waals surface area contributed by atoms with Crippen molar-refractivity contribution < 1.29 is 0 Å². The molecule has 1 aromatic rings. The van der Waals surface area contributed by atoms with Gasteiger partial charge in [0.15, 0.2) is 0 Å². The molecule has 1 aliphatic rings. The number of nitrogens with zero attached hydrogens (tertiary/aromatic N) is 2. The first kappa shape index (κ1) is 13.1. The van der Waals surface area contributed by atoms with Crippen LogP contribution in [0.5, 0.6) is 0 Å². The fraction of sp³-hybridized carbons (Fsp3) is 0.714. The van der Waals surface area contributed by atoms with Crippen LogP contribution in [0.3, 0.4) is 0 Å². The highest BCUT2D eigenvalue weighted by Gasteiger charge is 2.19. The monoisotopic (exact) mass is 248 g/mol. The van der Waals surface area contributed by atoms with Crippen LogP contribution < -0.4 is 10.6 Å². The Balaban J connectivity index is 2.14. The molecule has 0 unspecified atom stereocenters. The summed E-state index contributed by atoms with van der Waals surface area (Å²) >= 11 is 0. The van der Waals surface area contributed by atoms with Gasteiger partial charge in [0.25, 0.3) is 0 Å². The third-order valence-corrected chi connectivity index (χ3v) is 3.43. The molecule has 100 valence electrons. The molecule has 0 atom stereocenters. The van der Waals surface area contributed by atoms with Crippen molar-refractivity contribution in [1.29, 1.82) is 0 Å². The number of nitrogens with one attached hydrogen (secondary N) is 2. The fourth-order valence-corrected chi connectivity index (χ4v) is 2.17. The van der Waals surface area contributed by atoms with Crippen LogP contribution >= 0.6 is 0 Å². The first-order valence-electron chi connectivity index (χ1n) is 7.19. The lowest BCUT2D eigenvalue weighted by molar-refractivity contribution is 0.444. The molecule has 18 heavy (non-hydrogen) atoms. The number of hydrogen-bond donors (Lipinski definition) is 2. The van der Waals surface area contributed by atoms with Crippen molar-refractivity contribution in [2.75, 3.05) is 17.2 Å². The van der Waals surface area contributed by atoms with E-state index in [0.29, 0.717) is 6.04 Å². The van der Waals surface area contributed by atoms with Gasteiger partial charge in [0.05, 0.1) is 0 Å². The average molecular weight is 248 g/mol. The van der Waals surface area contributed by atoms with Gasteiger partial charge < -0.3 is 10.6 Å². The minimum atomic E-state index is 0.620. The summed E-state index contributed by atoms with van der Waals surface area (Å²) in [6.07, 6.45) is 8.81. The summed E-state index contributed by atoms with van der Waals surface area (Å²) in [6, 6.07) is 0.620. The number of aromatic nitrogens is 2. The Kier molecular flexibility index (Phi) is 4.79. The Morgan fingerprint density at radius 1 is 1.17 bits per heavy atom. The Labute approximate surface area is 110 Å². The highest BCUT2D eigenvalue weighted by Crippen LogP contribution is 2.27. The molecular formula is C14H24N4. The van der Waals surface area contributed by atoms with Gasteiger partial charge in [-0.1, -0.05) is 20.3 Å². The third kappa shape index (κ3) is 3.12. The van der Waals surface area contributed by atoms with Gasteiger partial charge in [-0.3, -0.25) is 0 Å². The van der Waals surface area contributed by atoms with E-state index in [2.05, 4.69) is 34.4 Å². The lowest BCUT2D eigenvalue weighted by atomic mass is 9.93. The fourth-order valence-electron chi connectivity index (χ4n) is 2.17. The second kappa shape index (κ2) is 6.57. The molecule has 0 aromatic carbocycles. The van der Waals surface area contributed by atoms with E-state index in [-0.39, 0.29) is 0 Å². The standard InChI is InChI=1S/C14H24N4/c1-3-6-12-13(15-9-4-2)16-10-17-14(12)18-11-7-5-8-11/h10-11H,3-9H2,1-2H3,(H2,15,16,17,18). The second-order valence-corrected chi connectivity index (χ2v) is 5.00. The summed E-state index contributed by atoms with van der Waals surface area (Å²) in [7, 11) is 0. The van der Waals surface area contributed by atoms with Crippen LogP contribution in [0.1, 0.15) is 51.5 Å². The maximum atomic E-state index is 4.43. The lowest BCUT2D eigenvalue weighted by Crippen LogP contribution is -2.28. The van der Waals surface area contributed by atoms with Crippen LogP contribution in [0.15, 0.2) is 6.33 Å². The van der Waals surface area contributed by atoms with E-state index in [4.69, 9.17) is 0 Å². The molecule has 0 saturated heterocycles. The number of rotatable bonds is 7. The molecule has 2 N–H and O–H groups in total. The summed E-state index contributed by atoms with van der Waals surface area (Å²) in [5, 5.41) is 6.96. The zero-order valence-corrected chi connectivity index (χ0v) is 11.5. The van der Waals surface area contributed by atoms with E-state index in [0.717, 1.165) is 37.4 Å². The van der Waals surface area contributed by atoms with E-state index in [1.165, 1.54) is 24.8 Å². The number of anilines is 2. The molecule has 0 amide bonds. The van der Waals surface area contributed by atoms with Crippen molar-refractivity contribution in [3.8, 4) is 0 Å². The van der Waals surface area contributed by atoms with Gasteiger partial charge in [-0.05, 0) is 32.1 Å². The quantitative estimate of drug-likeness (QED) is 0.778. The molecule has 1 saturated carbocycles. The van der Waals surface area contributed by atoms with Crippen LogP contribution in [0.25, 0.3) is 0 Å². The van der Waals surface area contributed by atoms with Crippen molar-refractivity contribution >= 4 is 11.6 Å². The molecule has 1 aliphatic carbocycles. The van der Waals surface area contributed by atoms with Crippen LogP contribution in [-0.4, -0.2) is 22.6 Å². The summed E-state index contributed by atoms with van der Waals surface area (Å²) in [4.78, 5) is 8.81. The summed E-state index contributed by atoms with van der Waals surface area (Å²) in [6.45, 7) is 5.33. The van der Waals surface area contributed by atoms with E-state index >= 15 is 0 Å². The predicted octanol–water partition coefficient (Wildman–Crippen LogP) is 3.22. The van der Waals surface area contributed by atoms with Crippen molar-refractivity contribution in [3.63, 3.8) is 0 Å². The summed E-state index contributed by atoms with van der Waals surface area (Å²) in [5.41, 5.74) is 1.25. The smallest absolute Gasteiger partial charge is 0.134 e. The Morgan fingerprint density at radius 2 is 1.94 bits per heavy atom. The zero-order chi connectivity index (χ0) is 12.8. The van der Waals surface area contributed by atoms with Gasteiger partial charge in [0.2, 0.25) is 0 Å². The minimum Gasteiger partial charge on any atom is -0.370 e. The molecule has 1 fully saturated rings. The average Bonchev–Trinajstić information content (AvgIpc) is 2.33. The first-order chi connectivity index (χ1) is 8.85. The molecule has 0 bridgehead atoms. The van der Waals surface area contributed by atoms with Gasteiger partial charge in [0.1, 0.15) is 18.0 Å². The van der Waals surface area contributed by atoms with E-state index in [1.807, 2.05) is 0 Å². The van der Waals surface area contributed by atoms with Gasteiger partial charge >= 0.3 is 0 Å². The third-order valence-electron chi connectivity index (χ3n) is 3.43. The van der Waals surface area contributed by atoms with Crippen LogP contribution in [0, 0.1) is 0 Å². The van der Waals surface area contributed by atoms with Gasteiger partial charge in [-0.2, -0.15) is 0 Å². The summed E-state index contributed by atoms with van der Waals surface area (Å²) < 4.78 is 0. The van der Waals surface area contributed by atoms with Crippen LogP contribution in [0.4, 0.5) is 11.6 Å². The second-order valence-electron chi connectivity index (χ2n) is 5.00. The SMILES string of the molecule is CCCNc1ncnc(NC2CCC2)c1CCC. The maximum Gasteiger partial charge on any atom is 0.134 e. The van der Waals surface area contributed by atoms with Crippen molar-refractivity contribution in [2.24, 2.45) is 0 Å². The minimum absolute atomic E-state index is 0.620. The molecule has 0 spiro atoms. The first-order valence-corrected chi connectivity index (χ1v) is 7.19. The van der Waals surface area contributed by atoms with E-state index in [1.54, 1.807) is 6.33 Å². The van der Waals surface area contributed by atoms with Crippen LogP contribution in [0.2, 0.25) is 0 Å². The van der Waals surface area contributed by atoms with Crippen molar-refractivity contribution in [2.45, 2.75) is 58.4 Å². The molecule has 0 radical (unpaired) electrons. The lowest BCUT2D eigenvalue weighted by Gasteiger charge is -2.28. The molecular weight excluding hydrogens is 224 g/mol. The Morgan fingerprint density at radius 3 is 2.56 bits per heavy atom. The van der Waals surface area contributed by atoms with Gasteiger partial charge in [-0.25, -0.2) is 9.97 Å². The highest BCUT2D eigenvalue weighted by molar-refractivity contribution is 5.58. The van der Waals surface area contributed by atoms with Gasteiger partial charge in [0, 0.05) is 18.2 Å². The zero-order valence-electron chi connectivity index (χ0n) is 11.5. The predicted molar refractivity (Wildman–Crippen MR) is 76.1 cm³/mol. The normalized spacial score (nSPS) is 15.2. The van der Waals surface area contributed by atoms with E-state index in [9.17, 15) is 0 Å². The molecule has 1 aromatic heterocycles. The van der Waals surface area contributed by atoms with Gasteiger partial charge in [-0.15, -0.1) is 0 Å². The van der Waals surface area contributed by atoms with Crippen LogP contribution in [-0.2, 0) is 6.42 Å². The Bertz CT molecular complexity index is 374. The molecule has 4 heteroatoms. The molecule has 2 rings (SSSR count). The van der Waals surface area contributed by atoms with Crippen molar-refractivity contribution in [1.82, 2.24) is 9.97 Å². The number of hydrogen-bond acceptors (Lipinski definition) is 4. The summed E-state index contributed by atoms with van der Waals surface area (Å²) in [5.74, 6) is 2.05.